The van der Waals surface area contributed by atoms with Gasteiger partial charge in [0, 0.05) is 32.4 Å². The molecule has 0 aliphatic rings. The number of nitrogens with one attached hydrogen (secondary N) is 2. The van der Waals surface area contributed by atoms with E-state index in [9.17, 15) is 13.6 Å². The number of hydrogen-bond acceptors (Lipinski definition) is 3. The third kappa shape index (κ3) is 4.56. The van der Waals surface area contributed by atoms with Gasteiger partial charge in [-0.05, 0) is 25.0 Å². The van der Waals surface area contributed by atoms with Gasteiger partial charge in [0.05, 0.1) is 0 Å². The largest absolute Gasteiger partial charge is 0.396 e. The Balaban J connectivity index is 2.78. The lowest BCUT2D eigenvalue weighted by atomic mass is 10.1. The molecule has 3 N–H and O–H groups in total. The maximum absolute atomic E-state index is 13.8. The first-order valence-corrected chi connectivity index (χ1v) is 6.61. The van der Waals surface area contributed by atoms with Gasteiger partial charge in [-0.15, -0.1) is 0 Å². The molecule has 7 heteroatoms. The number of carbonyl (C=O) groups excluding carboxylic acids is 1. The molecule has 0 unspecified atom stereocenters. The second kappa shape index (κ2) is 7.21. The monoisotopic (exact) mass is 301 g/mol. The summed E-state index contributed by atoms with van der Waals surface area (Å²) in [7, 11) is 3.05. The van der Waals surface area contributed by atoms with Gasteiger partial charge in [-0.1, -0.05) is 6.92 Å². The molecule has 0 bridgehead atoms. The second-order valence-electron chi connectivity index (χ2n) is 5.23. The van der Waals surface area contributed by atoms with Crippen LogP contribution in [0.5, 0.6) is 0 Å². The predicted molar refractivity (Wildman–Crippen MR) is 78.6 cm³/mol. The van der Waals surface area contributed by atoms with Crippen LogP contribution in [-0.4, -0.2) is 37.9 Å². The molecule has 0 heterocycles. The number of rotatable bonds is 5. The maximum atomic E-state index is 13.8. The van der Waals surface area contributed by atoms with Crippen molar-refractivity contribution < 1.29 is 18.7 Å². The van der Waals surface area contributed by atoms with E-state index in [1.54, 1.807) is 13.8 Å². The Bertz CT molecular complexity index is 486. The smallest absolute Gasteiger partial charge is 0.319 e. The molecule has 0 aliphatic heterocycles. The van der Waals surface area contributed by atoms with Crippen LogP contribution in [0.1, 0.15) is 13.8 Å². The van der Waals surface area contributed by atoms with Crippen LogP contribution < -0.4 is 15.5 Å². The zero-order valence-corrected chi connectivity index (χ0v) is 12.6. The highest BCUT2D eigenvalue weighted by molar-refractivity contribution is 5.89. The highest BCUT2D eigenvalue weighted by atomic mass is 19.1. The van der Waals surface area contributed by atoms with Gasteiger partial charge in [0.25, 0.3) is 0 Å². The van der Waals surface area contributed by atoms with Crippen LogP contribution in [0.15, 0.2) is 12.1 Å². The summed E-state index contributed by atoms with van der Waals surface area (Å²) in [5.74, 6) is -1.64. The van der Waals surface area contributed by atoms with Gasteiger partial charge < -0.3 is 20.6 Å². The van der Waals surface area contributed by atoms with Gasteiger partial charge in [-0.2, -0.15) is 0 Å². The van der Waals surface area contributed by atoms with E-state index in [1.165, 1.54) is 19.0 Å². The Morgan fingerprint density at radius 1 is 1.29 bits per heavy atom. The number of amides is 2. The molecule has 0 spiro atoms. The minimum atomic E-state index is -0.757. The molecule has 1 aromatic rings. The lowest BCUT2D eigenvalue weighted by Gasteiger charge is -2.20. The van der Waals surface area contributed by atoms with Crippen molar-refractivity contribution in [2.45, 2.75) is 19.9 Å². The second-order valence-corrected chi connectivity index (χ2v) is 5.23. The van der Waals surface area contributed by atoms with E-state index < -0.39 is 17.7 Å². The Kier molecular flexibility index (Phi) is 5.90. The van der Waals surface area contributed by atoms with Crippen LogP contribution in [0.4, 0.5) is 25.0 Å². The molecule has 0 aliphatic carbocycles. The zero-order chi connectivity index (χ0) is 16.2. The van der Waals surface area contributed by atoms with Crippen LogP contribution in [-0.2, 0) is 0 Å². The molecule has 5 nitrogen and oxygen atoms in total. The summed E-state index contributed by atoms with van der Waals surface area (Å²) >= 11 is 0. The average Bonchev–Trinajstić information content (AvgIpc) is 2.35. The molecule has 1 rings (SSSR count). The van der Waals surface area contributed by atoms with Crippen molar-refractivity contribution in [2.75, 3.05) is 30.9 Å². The summed E-state index contributed by atoms with van der Waals surface area (Å²) in [6, 6.07) is 1.25. The summed E-state index contributed by atoms with van der Waals surface area (Å²) in [6.45, 7) is 3.44. The minimum Gasteiger partial charge on any atom is -0.396 e. The topological polar surface area (TPSA) is 64.6 Å². The first-order valence-electron chi connectivity index (χ1n) is 6.61. The summed E-state index contributed by atoms with van der Waals surface area (Å²) in [5.41, 5.74) is -0.139. The number of carbonyl (C=O) groups is 1. The standard InChI is InChI=1S/C14H21F2N3O2/c1-8(7-20)9(2)17-14(21)18-10-5-11(15)13(19(3)4)12(16)6-10/h5-6,8-9,20H,7H2,1-4H3,(H2,17,18,21)/t8-,9-/m0/s1. The van der Waals surface area contributed by atoms with Gasteiger partial charge >= 0.3 is 6.03 Å². The Morgan fingerprint density at radius 3 is 2.24 bits per heavy atom. The van der Waals surface area contributed by atoms with Crippen molar-refractivity contribution >= 4 is 17.4 Å². The van der Waals surface area contributed by atoms with Crippen molar-refractivity contribution in [3.05, 3.63) is 23.8 Å². The number of urea groups is 1. The third-order valence-electron chi connectivity index (χ3n) is 3.22. The fourth-order valence-corrected chi connectivity index (χ4v) is 1.74. The molecule has 0 saturated carbocycles. The molecule has 0 fully saturated rings. The first-order chi connectivity index (χ1) is 9.76. The van der Waals surface area contributed by atoms with Gasteiger partial charge in [0.15, 0.2) is 11.6 Å². The molecule has 21 heavy (non-hydrogen) atoms. The Hall–Kier alpha value is -1.89. The van der Waals surface area contributed by atoms with Gasteiger partial charge in [-0.25, -0.2) is 13.6 Å². The average molecular weight is 301 g/mol. The quantitative estimate of drug-likeness (QED) is 0.781. The normalized spacial score (nSPS) is 13.5. The van der Waals surface area contributed by atoms with Crippen molar-refractivity contribution in [2.24, 2.45) is 5.92 Å². The summed E-state index contributed by atoms with van der Waals surface area (Å²) in [5, 5.41) is 13.9. The van der Waals surface area contributed by atoms with E-state index >= 15 is 0 Å². The lowest BCUT2D eigenvalue weighted by molar-refractivity contribution is 0.204. The van der Waals surface area contributed by atoms with Crippen molar-refractivity contribution in [3.63, 3.8) is 0 Å². The van der Waals surface area contributed by atoms with Crippen LogP contribution in [0.2, 0.25) is 0 Å². The highest BCUT2D eigenvalue weighted by Crippen LogP contribution is 2.25. The number of anilines is 2. The fourth-order valence-electron chi connectivity index (χ4n) is 1.74. The van der Waals surface area contributed by atoms with Crippen molar-refractivity contribution in [3.8, 4) is 0 Å². The molecule has 1 aromatic carbocycles. The first kappa shape index (κ1) is 17.2. The van der Waals surface area contributed by atoms with E-state index in [2.05, 4.69) is 10.6 Å². The van der Waals surface area contributed by atoms with E-state index in [0.29, 0.717) is 0 Å². The molecular formula is C14H21F2N3O2. The van der Waals surface area contributed by atoms with E-state index in [-0.39, 0.29) is 29.9 Å². The number of hydrogen-bond donors (Lipinski definition) is 3. The Morgan fingerprint density at radius 2 is 1.81 bits per heavy atom. The minimum absolute atomic E-state index is 0.0250. The van der Waals surface area contributed by atoms with Crippen LogP contribution in [0.3, 0.4) is 0 Å². The molecule has 2 atom stereocenters. The van der Waals surface area contributed by atoms with Gasteiger partial charge in [0.2, 0.25) is 0 Å². The summed E-state index contributed by atoms with van der Waals surface area (Å²) < 4.78 is 27.5. The SMILES string of the molecule is C[C@H](NC(=O)Nc1cc(F)c(N(C)C)c(F)c1)[C@@H](C)CO. The molecular weight excluding hydrogens is 280 g/mol. The zero-order valence-electron chi connectivity index (χ0n) is 12.6. The molecule has 0 radical (unpaired) electrons. The van der Waals surface area contributed by atoms with E-state index in [4.69, 9.17) is 5.11 Å². The number of aliphatic hydroxyl groups is 1. The number of aliphatic hydroxyl groups excluding tert-OH is 1. The molecule has 0 saturated heterocycles. The van der Waals surface area contributed by atoms with E-state index in [0.717, 1.165) is 12.1 Å². The number of halogens is 2. The van der Waals surface area contributed by atoms with Crippen molar-refractivity contribution in [1.82, 2.24) is 5.32 Å². The van der Waals surface area contributed by atoms with Crippen LogP contribution in [0, 0.1) is 17.6 Å². The maximum Gasteiger partial charge on any atom is 0.319 e. The number of nitrogens with zero attached hydrogens (tertiary/aromatic N) is 1. The fraction of sp³-hybridized carbons (Fsp3) is 0.500. The molecule has 0 aromatic heterocycles. The highest BCUT2D eigenvalue weighted by Gasteiger charge is 2.16. The summed E-state index contributed by atoms with van der Waals surface area (Å²) in [6.07, 6.45) is 0. The van der Waals surface area contributed by atoms with Gasteiger partial charge in [-0.3, -0.25) is 0 Å². The lowest BCUT2D eigenvalue weighted by Crippen LogP contribution is -2.40. The van der Waals surface area contributed by atoms with Crippen LogP contribution in [0.25, 0.3) is 0 Å². The Labute approximate surface area is 122 Å². The molecule has 118 valence electrons. The molecule has 2 amide bonds. The third-order valence-corrected chi connectivity index (χ3v) is 3.22. The van der Waals surface area contributed by atoms with Crippen molar-refractivity contribution in [1.29, 1.82) is 0 Å². The van der Waals surface area contributed by atoms with Gasteiger partial charge in [0.1, 0.15) is 5.69 Å². The predicted octanol–water partition coefficient (Wildman–Crippen LogP) is 2.17. The van der Waals surface area contributed by atoms with E-state index in [1.807, 2.05) is 0 Å². The number of benzene rings is 1. The summed E-state index contributed by atoms with van der Waals surface area (Å²) in [4.78, 5) is 13.0. The van der Waals surface area contributed by atoms with Crippen LogP contribution >= 0.6 is 0 Å².